The summed E-state index contributed by atoms with van der Waals surface area (Å²) in [6.07, 6.45) is 10.5. The van der Waals surface area contributed by atoms with Crippen LogP contribution in [0, 0.1) is 25.7 Å². The van der Waals surface area contributed by atoms with Crippen LogP contribution in [-0.4, -0.2) is 65.8 Å². The molecule has 4 aliphatic rings. The van der Waals surface area contributed by atoms with Crippen molar-refractivity contribution in [3.63, 3.8) is 0 Å². The normalized spacial score (nSPS) is 34.5. The van der Waals surface area contributed by atoms with E-state index >= 15 is 0 Å². The minimum Gasteiger partial charge on any atom is -0.488 e. The van der Waals surface area contributed by atoms with Gasteiger partial charge in [0.05, 0.1) is 35.9 Å². The quantitative estimate of drug-likeness (QED) is 0.360. The third kappa shape index (κ3) is 8.19. The number of ether oxygens (including phenoxy) is 2. The molecule has 0 amide bonds. The van der Waals surface area contributed by atoms with Gasteiger partial charge in [-0.05, 0) is 101 Å². The molecular formula is C36H56N6O4S. The van der Waals surface area contributed by atoms with Gasteiger partial charge in [-0.1, -0.05) is 38.5 Å². The smallest absolute Gasteiger partial charge is 0.216 e. The van der Waals surface area contributed by atoms with E-state index in [1.807, 2.05) is 13.8 Å². The molecule has 10 nitrogen and oxygen atoms in total. The lowest BCUT2D eigenvalue weighted by atomic mass is 9.86. The van der Waals surface area contributed by atoms with E-state index in [1.54, 1.807) is 12.4 Å². The predicted octanol–water partition coefficient (Wildman–Crippen LogP) is 5.63. The van der Waals surface area contributed by atoms with Gasteiger partial charge in [0.2, 0.25) is 10.0 Å². The van der Waals surface area contributed by atoms with Crippen LogP contribution in [0.1, 0.15) is 120 Å². The molecule has 3 N–H and O–H groups in total. The summed E-state index contributed by atoms with van der Waals surface area (Å²) in [6.45, 7) is 13.7. The molecule has 3 aliphatic heterocycles. The van der Waals surface area contributed by atoms with E-state index in [-0.39, 0.29) is 42.5 Å². The maximum Gasteiger partial charge on any atom is 0.216 e. The second-order valence-electron chi connectivity index (χ2n) is 15.1. The summed E-state index contributed by atoms with van der Waals surface area (Å²) in [4.78, 5) is 12.4. The zero-order valence-electron chi connectivity index (χ0n) is 29.1. The summed E-state index contributed by atoms with van der Waals surface area (Å²) >= 11 is 0. The third-order valence-electron chi connectivity index (χ3n) is 10.6. The molecule has 1 aromatic carbocycles. The molecule has 260 valence electrons. The number of benzene rings is 1. The highest BCUT2D eigenvalue weighted by Gasteiger charge is 2.44. The molecule has 2 aromatic rings. The molecule has 1 aliphatic carbocycles. The van der Waals surface area contributed by atoms with Crippen LogP contribution in [0.5, 0.6) is 5.75 Å². The minimum atomic E-state index is -3.60. The van der Waals surface area contributed by atoms with Crippen LogP contribution in [0.15, 0.2) is 30.6 Å². The monoisotopic (exact) mass is 668 g/mol. The van der Waals surface area contributed by atoms with E-state index < -0.39 is 21.6 Å². The highest BCUT2D eigenvalue weighted by atomic mass is 32.2. The standard InChI is InChI=1S/C36H56N6O4S/c1-22(2)16-31-32-15-9-14-30(35-37-19-27(20-38-35)45-23(3)4)42(31)21-26-12-8-13-28(17-26)47(43,44)41-36-39-29(18-33(40-36)46-32)34-24(5)10-7-11-25(34)6/h7,10-11,19-20,22-23,26,28-33,36,39-41H,8-9,12-18,21H2,1-6H3/t26?,28?,29?,30?,31-,32?,33?,36?/m1/s1. The Morgan fingerprint density at radius 3 is 2.40 bits per heavy atom. The third-order valence-corrected chi connectivity index (χ3v) is 12.4. The summed E-state index contributed by atoms with van der Waals surface area (Å²) in [5, 5.41) is 6.73. The lowest BCUT2D eigenvalue weighted by Gasteiger charge is -2.44. The predicted molar refractivity (Wildman–Crippen MR) is 184 cm³/mol. The van der Waals surface area contributed by atoms with Gasteiger partial charge in [0.1, 0.15) is 18.3 Å². The van der Waals surface area contributed by atoms with Gasteiger partial charge in [-0.15, -0.1) is 0 Å². The van der Waals surface area contributed by atoms with Crippen molar-refractivity contribution in [3.05, 3.63) is 53.1 Å². The first-order chi connectivity index (χ1) is 22.5. The first-order valence-corrected chi connectivity index (χ1v) is 19.5. The maximum absolute atomic E-state index is 14.0. The van der Waals surface area contributed by atoms with Crippen molar-refractivity contribution in [3.8, 4) is 5.75 Å². The molecule has 1 aromatic heterocycles. The van der Waals surface area contributed by atoms with Crippen molar-refractivity contribution in [1.82, 2.24) is 30.2 Å². The maximum atomic E-state index is 14.0. The number of sulfonamides is 1. The van der Waals surface area contributed by atoms with Gasteiger partial charge < -0.3 is 9.47 Å². The highest BCUT2D eigenvalue weighted by Crippen LogP contribution is 2.40. The van der Waals surface area contributed by atoms with Crippen molar-refractivity contribution in [2.24, 2.45) is 11.8 Å². The van der Waals surface area contributed by atoms with E-state index in [1.165, 1.54) is 16.7 Å². The van der Waals surface area contributed by atoms with Crippen LogP contribution in [-0.2, 0) is 14.8 Å². The van der Waals surface area contributed by atoms with Crippen molar-refractivity contribution < 1.29 is 17.9 Å². The topological polar surface area (TPSA) is 118 Å². The molecule has 11 heteroatoms. The number of nitrogens with one attached hydrogen (secondary N) is 3. The number of nitrogens with zero attached hydrogens (tertiary/aromatic N) is 3. The summed E-state index contributed by atoms with van der Waals surface area (Å²) in [6, 6.07) is 6.47. The second kappa shape index (κ2) is 14.8. The first-order valence-electron chi connectivity index (χ1n) is 18.0. The van der Waals surface area contributed by atoms with Gasteiger partial charge in [0.15, 0.2) is 5.75 Å². The van der Waals surface area contributed by atoms with Gasteiger partial charge in [-0.25, -0.2) is 18.4 Å². The Labute approximate surface area is 282 Å². The molecule has 3 saturated heterocycles. The zero-order valence-corrected chi connectivity index (χ0v) is 29.9. The van der Waals surface area contributed by atoms with E-state index in [2.05, 4.69) is 66.1 Å². The fourth-order valence-corrected chi connectivity index (χ4v) is 10.3. The van der Waals surface area contributed by atoms with Crippen LogP contribution < -0.4 is 20.1 Å². The van der Waals surface area contributed by atoms with Crippen LogP contribution >= 0.6 is 0 Å². The van der Waals surface area contributed by atoms with E-state index in [0.29, 0.717) is 30.9 Å². The van der Waals surface area contributed by atoms with Crippen LogP contribution in [0.3, 0.4) is 0 Å². The van der Waals surface area contributed by atoms with Crippen molar-refractivity contribution >= 4 is 10.0 Å². The second-order valence-corrected chi connectivity index (χ2v) is 17.1. The number of rotatable bonds is 6. The first kappa shape index (κ1) is 34.7. The fourth-order valence-electron chi connectivity index (χ4n) is 8.60. The summed E-state index contributed by atoms with van der Waals surface area (Å²) in [7, 11) is -3.60. The molecule has 0 radical (unpaired) electrons. The average molecular weight is 669 g/mol. The molecule has 4 heterocycles. The summed E-state index contributed by atoms with van der Waals surface area (Å²) in [5.74, 6) is 2.22. The van der Waals surface area contributed by atoms with Gasteiger partial charge in [-0.2, -0.15) is 4.72 Å². The lowest BCUT2D eigenvalue weighted by molar-refractivity contribution is -0.103. The summed E-state index contributed by atoms with van der Waals surface area (Å²) in [5.41, 5.74) is 3.62. The Balaban J connectivity index is 1.39. The molecule has 6 bridgehead atoms. The Hall–Kier alpha value is -2.15. The van der Waals surface area contributed by atoms with E-state index in [0.717, 1.165) is 50.9 Å². The Morgan fingerprint density at radius 2 is 1.70 bits per heavy atom. The van der Waals surface area contributed by atoms with Crippen LogP contribution in [0.4, 0.5) is 0 Å². The van der Waals surface area contributed by atoms with E-state index in [9.17, 15) is 8.42 Å². The van der Waals surface area contributed by atoms with Gasteiger partial charge in [0.25, 0.3) is 0 Å². The number of aryl methyl sites for hydroxylation is 2. The van der Waals surface area contributed by atoms with Crippen molar-refractivity contribution in [1.29, 1.82) is 0 Å². The lowest BCUT2D eigenvalue weighted by Crippen LogP contribution is -2.64. The molecule has 6 rings (SSSR count). The fraction of sp³-hybridized carbons (Fsp3) is 0.722. The molecule has 1 saturated carbocycles. The number of hydrogen-bond acceptors (Lipinski definition) is 9. The van der Waals surface area contributed by atoms with Gasteiger partial charge >= 0.3 is 0 Å². The van der Waals surface area contributed by atoms with E-state index in [4.69, 9.17) is 19.4 Å². The Morgan fingerprint density at radius 1 is 0.979 bits per heavy atom. The van der Waals surface area contributed by atoms with Crippen molar-refractivity contribution in [2.75, 3.05) is 6.54 Å². The van der Waals surface area contributed by atoms with Gasteiger partial charge in [0, 0.05) is 25.0 Å². The molecule has 0 spiro atoms. The molecule has 9 atom stereocenters. The largest absolute Gasteiger partial charge is 0.488 e. The van der Waals surface area contributed by atoms with Crippen LogP contribution in [0.2, 0.25) is 0 Å². The molecule has 8 unspecified atom stereocenters. The average Bonchev–Trinajstić information content (AvgIpc) is 3.15. The van der Waals surface area contributed by atoms with Crippen LogP contribution in [0.25, 0.3) is 0 Å². The molecule has 4 fully saturated rings. The summed E-state index contributed by atoms with van der Waals surface area (Å²) < 4.78 is 44.1. The molecule has 47 heavy (non-hydrogen) atoms. The zero-order chi connectivity index (χ0) is 33.3. The minimum absolute atomic E-state index is 0.0161. The van der Waals surface area contributed by atoms with Gasteiger partial charge in [-0.3, -0.25) is 15.5 Å². The SMILES string of the molecule is Cc1cccc(C)c1C1CC2NC(N1)NS(=O)(=O)C1CCCC(C1)CN1C(c3ncc(OC(C)C)cn3)CCCC(O2)[C@H]1CC(C)C. The Bertz CT molecular complexity index is 1430. The number of aromatic nitrogens is 2. The Kier molecular flexibility index (Phi) is 10.9. The van der Waals surface area contributed by atoms with Crippen molar-refractivity contribution in [2.45, 2.75) is 147 Å². The number of hydrogen-bond donors (Lipinski definition) is 3. The number of fused-ring (bicyclic) bond motifs is 6. The molecular weight excluding hydrogens is 613 g/mol. The highest BCUT2D eigenvalue weighted by molar-refractivity contribution is 7.90.